The van der Waals surface area contributed by atoms with E-state index in [2.05, 4.69) is 5.32 Å². The highest BCUT2D eigenvalue weighted by molar-refractivity contribution is 7.10. The average molecular weight is 348 g/mol. The number of rotatable bonds is 4. The molecule has 1 N–H and O–H groups in total. The van der Waals surface area contributed by atoms with Crippen molar-refractivity contribution in [3.05, 3.63) is 56.1 Å². The number of methoxy groups -OCH3 is 1. The highest BCUT2D eigenvalue weighted by atomic mass is 32.1. The molecule has 1 atom stereocenters. The summed E-state index contributed by atoms with van der Waals surface area (Å²) in [6.07, 6.45) is 0. The molecule has 2 aromatic heterocycles. The fraction of sp³-hybridized carbons (Fsp3) is 0.250. The van der Waals surface area contributed by atoms with Crippen molar-refractivity contribution < 1.29 is 14.3 Å². The van der Waals surface area contributed by atoms with Gasteiger partial charge >= 0.3 is 12.0 Å². The Morgan fingerprint density at radius 1 is 1.30 bits per heavy atom. The van der Waals surface area contributed by atoms with Crippen molar-refractivity contribution in [3.8, 4) is 0 Å². The second-order valence-electron chi connectivity index (χ2n) is 5.05. The van der Waals surface area contributed by atoms with E-state index in [9.17, 15) is 9.59 Å². The van der Waals surface area contributed by atoms with E-state index in [1.165, 1.54) is 18.4 Å². The lowest BCUT2D eigenvalue weighted by Crippen LogP contribution is -2.47. The molecule has 23 heavy (non-hydrogen) atoms. The summed E-state index contributed by atoms with van der Waals surface area (Å²) in [6.45, 7) is 2.23. The summed E-state index contributed by atoms with van der Waals surface area (Å²) in [6, 6.07) is 7.04. The number of amides is 2. The molecule has 0 saturated carbocycles. The first kappa shape index (κ1) is 15.8. The van der Waals surface area contributed by atoms with Crippen LogP contribution < -0.4 is 5.32 Å². The standard InChI is InChI=1S/C16H16N2O3S2/c1-10-13(15(19)21-2)14(12-6-4-8-23-12)17-16(20)18(10)9-11-5-3-7-22-11/h3-8,14H,9H2,1-2H3,(H,17,20)/t14-/m1/s1. The molecule has 0 aliphatic carbocycles. The van der Waals surface area contributed by atoms with Crippen LogP contribution in [-0.4, -0.2) is 24.0 Å². The summed E-state index contributed by atoms with van der Waals surface area (Å²) in [5.41, 5.74) is 1.11. The molecule has 0 unspecified atom stereocenters. The van der Waals surface area contributed by atoms with Crippen LogP contribution in [0.2, 0.25) is 0 Å². The molecule has 0 saturated heterocycles. The molecule has 1 aliphatic heterocycles. The Morgan fingerprint density at radius 3 is 2.65 bits per heavy atom. The number of thiophene rings is 2. The van der Waals surface area contributed by atoms with Gasteiger partial charge in [-0.15, -0.1) is 22.7 Å². The van der Waals surface area contributed by atoms with Crippen molar-refractivity contribution in [1.82, 2.24) is 10.2 Å². The molecule has 0 fully saturated rings. The zero-order valence-corrected chi connectivity index (χ0v) is 14.4. The average Bonchev–Trinajstić information content (AvgIpc) is 3.23. The molecule has 7 heteroatoms. The summed E-state index contributed by atoms with van der Waals surface area (Å²) in [4.78, 5) is 28.4. The topological polar surface area (TPSA) is 58.6 Å². The molecular formula is C16H16N2O3S2. The smallest absolute Gasteiger partial charge is 0.338 e. The maximum Gasteiger partial charge on any atom is 0.338 e. The summed E-state index contributed by atoms with van der Waals surface area (Å²) in [7, 11) is 1.36. The quantitative estimate of drug-likeness (QED) is 0.860. The zero-order chi connectivity index (χ0) is 16.4. The lowest BCUT2D eigenvalue weighted by molar-refractivity contribution is -0.136. The Bertz CT molecular complexity index is 735. The molecule has 0 radical (unpaired) electrons. The molecule has 2 aromatic rings. The van der Waals surface area contributed by atoms with Crippen molar-refractivity contribution in [1.29, 1.82) is 0 Å². The van der Waals surface area contributed by atoms with Crippen LogP contribution in [0.1, 0.15) is 22.7 Å². The van der Waals surface area contributed by atoms with Gasteiger partial charge in [-0.2, -0.15) is 0 Å². The van der Waals surface area contributed by atoms with Crippen molar-refractivity contribution in [2.75, 3.05) is 7.11 Å². The van der Waals surface area contributed by atoms with E-state index < -0.39 is 12.0 Å². The number of nitrogens with zero attached hydrogens (tertiary/aromatic N) is 1. The van der Waals surface area contributed by atoms with Gasteiger partial charge in [0, 0.05) is 15.5 Å². The minimum absolute atomic E-state index is 0.207. The summed E-state index contributed by atoms with van der Waals surface area (Å²) in [5, 5.41) is 6.80. The lowest BCUT2D eigenvalue weighted by atomic mass is 10.0. The van der Waals surface area contributed by atoms with Crippen LogP contribution in [0, 0.1) is 0 Å². The first-order valence-corrected chi connectivity index (χ1v) is 8.80. The minimum atomic E-state index is -0.463. The van der Waals surface area contributed by atoms with Crippen molar-refractivity contribution in [2.45, 2.75) is 19.5 Å². The Balaban J connectivity index is 2.01. The largest absolute Gasteiger partial charge is 0.466 e. The van der Waals surface area contributed by atoms with Gasteiger partial charge < -0.3 is 10.1 Å². The first-order chi connectivity index (χ1) is 11.1. The first-order valence-electron chi connectivity index (χ1n) is 7.04. The fourth-order valence-electron chi connectivity index (χ4n) is 2.57. The van der Waals surface area contributed by atoms with E-state index in [1.807, 2.05) is 35.0 Å². The summed E-state index contributed by atoms with van der Waals surface area (Å²) in [5.74, 6) is -0.419. The third-order valence-corrected chi connectivity index (χ3v) is 5.52. The number of hydrogen-bond acceptors (Lipinski definition) is 5. The molecule has 0 aromatic carbocycles. The fourth-order valence-corrected chi connectivity index (χ4v) is 4.05. The van der Waals surface area contributed by atoms with Crippen LogP contribution in [0.5, 0.6) is 0 Å². The minimum Gasteiger partial charge on any atom is -0.466 e. The van der Waals surface area contributed by atoms with Crippen LogP contribution in [0.15, 0.2) is 46.3 Å². The second-order valence-corrected chi connectivity index (χ2v) is 7.07. The van der Waals surface area contributed by atoms with Gasteiger partial charge in [-0.3, -0.25) is 4.90 Å². The number of carbonyl (C=O) groups excluding carboxylic acids is 2. The van der Waals surface area contributed by atoms with Crippen molar-refractivity contribution >= 4 is 34.7 Å². The van der Waals surface area contributed by atoms with Crippen LogP contribution >= 0.6 is 22.7 Å². The van der Waals surface area contributed by atoms with Gasteiger partial charge in [-0.25, -0.2) is 9.59 Å². The van der Waals surface area contributed by atoms with E-state index in [0.717, 1.165) is 9.75 Å². The molecule has 3 heterocycles. The van der Waals surface area contributed by atoms with E-state index >= 15 is 0 Å². The van der Waals surface area contributed by atoms with E-state index in [4.69, 9.17) is 4.74 Å². The number of hydrogen-bond donors (Lipinski definition) is 1. The second kappa shape index (κ2) is 6.55. The zero-order valence-electron chi connectivity index (χ0n) is 12.7. The predicted molar refractivity (Wildman–Crippen MR) is 90.2 cm³/mol. The number of carbonyl (C=O) groups is 2. The van der Waals surface area contributed by atoms with Crippen LogP contribution in [0.3, 0.4) is 0 Å². The number of urea groups is 1. The molecule has 0 bridgehead atoms. The molecule has 1 aliphatic rings. The third-order valence-electron chi connectivity index (χ3n) is 3.72. The highest BCUT2D eigenvalue weighted by Gasteiger charge is 2.36. The van der Waals surface area contributed by atoms with E-state index in [1.54, 1.807) is 23.2 Å². The Labute approximate surface area is 142 Å². The third kappa shape index (κ3) is 3.02. The Morgan fingerprint density at radius 2 is 2.04 bits per heavy atom. The maximum absolute atomic E-state index is 12.5. The van der Waals surface area contributed by atoms with Gasteiger partial charge in [-0.1, -0.05) is 12.1 Å². The van der Waals surface area contributed by atoms with Gasteiger partial charge in [0.25, 0.3) is 0 Å². The van der Waals surface area contributed by atoms with Gasteiger partial charge in [0.1, 0.15) is 0 Å². The Hall–Kier alpha value is -2.12. The molecule has 2 amide bonds. The van der Waals surface area contributed by atoms with E-state index in [0.29, 0.717) is 17.8 Å². The predicted octanol–water partition coefficient (Wildman–Crippen LogP) is 3.52. The Kier molecular flexibility index (Phi) is 4.49. The van der Waals surface area contributed by atoms with Crippen molar-refractivity contribution in [3.63, 3.8) is 0 Å². The number of ether oxygens (including phenoxy) is 1. The normalized spacial score (nSPS) is 18.1. The molecule has 5 nitrogen and oxygen atoms in total. The highest BCUT2D eigenvalue weighted by Crippen LogP contribution is 2.34. The SMILES string of the molecule is COC(=O)C1=C(C)N(Cc2cccs2)C(=O)N[C@@H]1c1cccs1. The van der Waals surface area contributed by atoms with Crippen molar-refractivity contribution in [2.24, 2.45) is 0 Å². The molecule has 3 rings (SSSR count). The summed E-state index contributed by atoms with van der Waals surface area (Å²) < 4.78 is 4.94. The number of allylic oxidation sites excluding steroid dienone is 1. The molecule has 120 valence electrons. The van der Waals surface area contributed by atoms with Gasteiger partial charge in [-0.05, 0) is 29.8 Å². The van der Waals surface area contributed by atoms with Crippen LogP contribution in [0.25, 0.3) is 0 Å². The van der Waals surface area contributed by atoms with Gasteiger partial charge in [0.2, 0.25) is 0 Å². The van der Waals surface area contributed by atoms with Gasteiger partial charge in [0.05, 0.1) is 25.3 Å². The molecule has 0 spiro atoms. The summed E-state index contributed by atoms with van der Waals surface area (Å²) >= 11 is 3.07. The van der Waals surface area contributed by atoms with Gasteiger partial charge in [0.15, 0.2) is 0 Å². The lowest BCUT2D eigenvalue weighted by Gasteiger charge is -2.34. The molecular weight excluding hydrogens is 332 g/mol. The number of esters is 1. The monoisotopic (exact) mass is 348 g/mol. The van der Waals surface area contributed by atoms with E-state index in [-0.39, 0.29) is 6.03 Å². The van der Waals surface area contributed by atoms with Crippen LogP contribution in [-0.2, 0) is 16.1 Å². The van der Waals surface area contributed by atoms with Crippen LogP contribution in [0.4, 0.5) is 4.79 Å². The maximum atomic E-state index is 12.5. The number of nitrogens with one attached hydrogen (secondary N) is 1.